The molecule has 3 aromatic rings. The zero-order valence-corrected chi connectivity index (χ0v) is 22.5. The fourth-order valence-corrected chi connectivity index (χ4v) is 5.35. The van der Waals surface area contributed by atoms with Gasteiger partial charge in [-0.1, -0.05) is 37.3 Å². The summed E-state index contributed by atoms with van der Waals surface area (Å²) >= 11 is 0. The summed E-state index contributed by atoms with van der Waals surface area (Å²) in [4.78, 5) is 14.6. The van der Waals surface area contributed by atoms with E-state index < -0.39 is 0 Å². The average molecular weight is 526 g/mol. The maximum absolute atomic E-state index is 12.2. The third kappa shape index (κ3) is 5.96. The van der Waals surface area contributed by atoms with Crippen LogP contribution in [-0.2, 0) is 4.79 Å². The van der Waals surface area contributed by atoms with Crippen LogP contribution in [-0.4, -0.2) is 43.9 Å². The lowest BCUT2D eigenvalue weighted by molar-refractivity contribution is -0.135. The van der Waals surface area contributed by atoms with Gasteiger partial charge in [0.1, 0.15) is 18.1 Å². The van der Waals surface area contributed by atoms with Crippen LogP contribution in [0.25, 0.3) is 11.1 Å². The number of esters is 1. The van der Waals surface area contributed by atoms with Gasteiger partial charge in [0.05, 0.1) is 5.92 Å². The molecule has 202 valence electrons. The number of hydrogen-bond acceptors (Lipinski definition) is 6. The lowest BCUT2D eigenvalue weighted by atomic mass is 9.88. The van der Waals surface area contributed by atoms with Crippen molar-refractivity contribution in [1.82, 2.24) is 4.90 Å². The molecule has 0 radical (unpaired) electrons. The Morgan fingerprint density at radius 3 is 2.15 bits per heavy atom. The van der Waals surface area contributed by atoms with Crippen LogP contribution in [0.3, 0.4) is 0 Å². The molecule has 2 aliphatic heterocycles. The van der Waals surface area contributed by atoms with E-state index in [0.29, 0.717) is 12.4 Å². The average Bonchev–Trinajstić information content (AvgIpc) is 3.49. The molecule has 6 heteroatoms. The zero-order chi connectivity index (χ0) is 26.6. The molecule has 6 rings (SSSR count). The molecule has 0 atom stereocenters. The molecule has 0 amide bonds. The minimum Gasteiger partial charge on any atom is -0.492 e. The van der Waals surface area contributed by atoms with Gasteiger partial charge in [-0.15, -0.1) is 0 Å². The molecular weight excluding hydrogens is 490 g/mol. The normalized spacial score (nSPS) is 17.2. The molecule has 39 heavy (non-hydrogen) atoms. The minimum atomic E-state index is -0.131. The number of nitrogens with zero attached hydrogens (tertiary/aromatic N) is 1. The molecule has 2 heterocycles. The number of likely N-dealkylation sites (tertiary alicyclic amines) is 1. The summed E-state index contributed by atoms with van der Waals surface area (Å²) in [5.74, 6) is 2.93. The van der Waals surface area contributed by atoms with Gasteiger partial charge in [-0.05, 0) is 109 Å². The van der Waals surface area contributed by atoms with E-state index in [1.165, 1.54) is 31.5 Å². The topological polar surface area (TPSA) is 57.2 Å². The SMILES string of the molecule is CCC(=C(c1ccc(OCCN2CCCC2)cc1)c1ccc(OC(=O)C2CC2)cc1)c1ccc2c(c1)OCO2. The summed E-state index contributed by atoms with van der Waals surface area (Å²) in [6.07, 6.45) is 5.25. The smallest absolute Gasteiger partial charge is 0.314 e. The van der Waals surface area contributed by atoms with Gasteiger partial charge in [-0.25, -0.2) is 0 Å². The van der Waals surface area contributed by atoms with E-state index in [0.717, 1.165) is 65.3 Å². The van der Waals surface area contributed by atoms with Gasteiger partial charge < -0.3 is 18.9 Å². The lowest BCUT2D eigenvalue weighted by Gasteiger charge is -2.18. The van der Waals surface area contributed by atoms with Gasteiger partial charge in [0.15, 0.2) is 11.5 Å². The number of benzene rings is 3. The van der Waals surface area contributed by atoms with Crippen molar-refractivity contribution in [3.05, 3.63) is 83.4 Å². The number of carbonyl (C=O) groups is 1. The second-order valence-electron chi connectivity index (χ2n) is 10.4. The monoisotopic (exact) mass is 525 g/mol. The van der Waals surface area contributed by atoms with Crippen molar-refractivity contribution in [3.8, 4) is 23.0 Å². The Bertz CT molecular complexity index is 1340. The molecule has 1 aliphatic carbocycles. The molecular formula is C33H35NO5. The first-order chi connectivity index (χ1) is 19.2. The van der Waals surface area contributed by atoms with Crippen molar-refractivity contribution in [2.75, 3.05) is 33.0 Å². The van der Waals surface area contributed by atoms with E-state index in [1.807, 2.05) is 30.3 Å². The molecule has 0 unspecified atom stereocenters. The molecule has 3 aliphatic rings. The van der Waals surface area contributed by atoms with E-state index in [-0.39, 0.29) is 18.7 Å². The van der Waals surface area contributed by atoms with Gasteiger partial charge in [-0.3, -0.25) is 9.69 Å². The van der Waals surface area contributed by atoms with E-state index in [9.17, 15) is 4.79 Å². The second kappa shape index (κ2) is 11.5. The van der Waals surface area contributed by atoms with Gasteiger partial charge >= 0.3 is 5.97 Å². The zero-order valence-electron chi connectivity index (χ0n) is 22.5. The standard InChI is InChI=1S/C33H35NO5/c1-2-29(26-11-16-30-31(21-26)38-22-37-30)32(24-9-14-28(15-10-24)39-33(35)25-5-6-25)23-7-12-27(13-8-23)36-20-19-34-17-3-4-18-34/h7-16,21,25H,2-6,17-20,22H2,1H3. The summed E-state index contributed by atoms with van der Waals surface area (Å²) in [6.45, 7) is 6.43. The molecule has 6 nitrogen and oxygen atoms in total. The highest BCUT2D eigenvalue weighted by Gasteiger charge is 2.31. The fraction of sp³-hybridized carbons (Fsp3) is 0.364. The van der Waals surface area contributed by atoms with Crippen LogP contribution >= 0.6 is 0 Å². The highest BCUT2D eigenvalue weighted by atomic mass is 16.7. The van der Waals surface area contributed by atoms with E-state index >= 15 is 0 Å². The maximum Gasteiger partial charge on any atom is 0.314 e. The Hall–Kier alpha value is -3.77. The van der Waals surface area contributed by atoms with Crippen molar-refractivity contribution < 1.29 is 23.7 Å². The lowest BCUT2D eigenvalue weighted by Crippen LogP contribution is -2.25. The summed E-state index contributed by atoms with van der Waals surface area (Å²) in [5, 5.41) is 0. The fourth-order valence-electron chi connectivity index (χ4n) is 5.35. The summed E-state index contributed by atoms with van der Waals surface area (Å²) < 4.78 is 22.9. The molecule has 2 fully saturated rings. The Labute approximate surface area is 230 Å². The maximum atomic E-state index is 12.2. The number of carbonyl (C=O) groups excluding carboxylic acids is 1. The van der Waals surface area contributed by atoms with Gasteiger partial charge in [0.25, 0.3) is 0 Å². The highest BCUT2D eigenvalue weighted by molar-refractivity contribution is 5.99. The van der Waals surface area contributed by atoms with Gasteiger partial charge in [-0.2, -0.15) is 0 Å². The molecule has 1 saturated heterocycles. The van der Waals surface area contributed by atoms with E-state index in [2.05, 4.69) is 48.2 Å². The number of fused-ring (bicyclic) bond motifs is 1. The molecule has 1 saturated carbocycles. The highest BCUT2D eigenvalue weighted by Crippen LogP contribution is 2.40. The first-order valence-corrected chi connectivity index (χ1v) is 14.1. The van der Waals surface area contributed by atoms with Gasteiger partial charge in [0, 0.05) is 6.54 Å². The molecule has 3 aromatic carbocycles. The van der Waals surface area contributed by atoms with Crippen molar-refractivity contribution in [2.24, 2.45) is 5.92 Å². The number of rotatable bonds is 10. The summed E-state index contributed by atoms with van der Waals surface area (Å²) in [5.41, 5.74) is 5.56. The van der Waals surface area contributed by atoms with Crippen LogP contribution in [0.2, 0.25) is 0 Å². The molecule has 0 N–H and O–H groups in total. The quantitative estimate of drug-likeness (QED) is 0.169. The Morgan fingerprint density at radius 1 is 0.846 bits per heavy atom. The van der Waals surface area contributed by atoms with Crippen molar-refractivity contribution in [1.29, 1.82) is 0 Å². The summed E-state index contributed by atoms with van der Waals surface area (Å²) in [6, 6.07) is 22.3. The predicted molar refractivity (Wildman–Crippen MR) is 151 cm³/mol. The molecule has 0 aromatic heterocycles. The number of ether oxygens (including phenoxy) is 4. The molecule has 0 spiro atoms. The third-order valence-electron chi connectivity index (χ3n) is 7.67. The second-order valence-corrected chi connectivity index (χ2v) is 10.4. The Kier molecular flexibility index (Phi) is 7.55. The molecule has 0 bridgehead atoms. The Morgan fingerprint density at radius 2 is 1.49 bits per heavy atom. The van der Waals surface area contributed by atoms with E-state index in [4.69, 9.17) is 18.9 Å². The number of hydrogen-bond donors (Lipinski definition) is 0. The van der Waals surface area contributed by atoms with Crippen LogP contribution in [0.4, 0.5) is 0 Å². The number of allylic oxidation sites excluding steroid dienone is 1. The van der Waals surface area contributed by atoms with Crippen LogP contribution in [0.15, 0.2) is 66.7 Å². The first kappa shape index (κ1) is 25.5. The van der Waals surface area contributed by atoms with Crippen molar-refractivity contribution in [2.45, 2.75) is 39.0 Å². The predicted octanol–water partition coefficient (Wildman–Crippen LogP) is 6.57. The third-order valence-corrected chi connectivity index (χ3v) is 7.67. The first-order valence-electron chi connectivity index (χ1n) is 14.1. The largest absolute Gasteiger partial charge is 0.492 e. The van der Waals surface area contributed by atoms with Crippen LogP contribution in [0.1, 0.15) is 55.7 Å². The van der Waals surface area contributed by atoms with Crippen LogP contribution < -0.4 is 18.9 Å². The van der Waals surface area contributed by atoms with Crippen molar-refractivity contribution >= 4 is 17.1 Å². The Balaban J connectivity index is 1.30. The summed E-state index contributed by atoms with van der Waals surface area (Å²) in [7, 11) is 0. The minimum absolute atomic E-state index is 0.0638. The van der Waals surface area contributed by atoms with Crippen molar-refractivity contribution in [3.63, 3.8) is 0 Å². The van der Waals surface area contributed by atoms with Gasteiger partial charge in [0.2, 0.25) is 6.79 Å². The van der Waals surface area contributed by atoms with E-state index in [1.54, 1.807) is 0 Å². The van der Waals surface area contributed by atoms with Crippen LogP contribution in [0.5, 0.6) is 23.0 Å². The van der Waals surface area contributed by atoms with Crippen LogP contribution in [0, 0.1) is 5.92 Å².